The van der Waals surface area contributed by atoms with Crippen LogP contribution in [0, 0.1) is 5.82 Å². The Morgan fingerprint density at radius 1 is 1.24 bits per heavy atom. The van der Waals surface area contributed by atoms with Crippen LogP contribution in [0.4, 0.5) is 10.1 Å². The maximum absolute atomic E-state index is 13.5. The maximum atomic E-state index is 13.5. The lowest BCUT2D eigenvalue weighted by Crippen LogP contribution is -2.19. The zero-order chi connectivity index (χ0) is 15.5. The maximum Gasteiger partial charge on any atom is 0.282 e. The Balaban J connectivity index is 2.38. The van der Waals surface area contributed by atoms with Gasteiger partial charge >= 0.3 is 0 Å². The molecule has 8 heteroatoms. The van der Waals surface area contributed by atoms with Crippen LogP contribution in [0.3, 0.4) is 0 Å². The number of pyridine rings is 1. The van der Waals surface area contributed by atoms with Crippen LogP contribution in [0.2, 0.25) is 0 Å². The summed E-state index contributed by atoms with van der Waals surface area (Å²) in [5, 5.41) is -0.709. The minimum absolute atomic E-state index is 0.136. The fourth-order valence-electron chi connectivity index (χ4n) is 1.72. The fourth-order valence-corrected chi connectivity index (χ4v) is 2.83. The van der Waals surface area contributed by atoms with E-state index in [0.717, 1.165) is 6.07 Å². The van der Waals surface area contributed by atoms with Gasteiger partial charge in [-0.1, -0.05) is 18.2 Å². The second kappa shape index (κ2) is 5.88. The molecule has 0 bridgehead atoms. The molecule has 2 aromatic rings. The molecule has 0 saturated heterocycles. The first-order valence-electron chi connectivity index (χ1n) is 5.89. The number of anilines is 1. The van der Waals surface area contributed by atoms with Crippen molar-refractivity contribution >= 4 is 21.6 Å². The van der Waals surface area contributed by atoms with Gasteiger partial charge in [0.25, 0.3) is 10.0 Å². The van der Waals surface area contributed by atoms with Crippen molar-refractivity contribution in [3.05, 3.63) is 54.0 Å². The molecule has 0 fully saturated rings. The van der Waals surface area contributed by atoms with Gasteiger partial charge in [0.1, 0.15) is 0 Å². The van der Waals surface area contributed by atoms with Gasteiger partial charge in [0.15, 0.2) is 5.82 Å². The van der Waals surface area contributed by atoms with Gasteiger partial charge in [-0.05, 0) is 23.8 Å². The first kappa shape index (κ1) is 14.9. The molecular weight excluding hydrogens is 297 g/mol. The number of carbonyl (C=O) groups is 1. The lowest BCUT2D eigenvalue weighted by molar-refractivity contribution is -0.117. The average Bonchev–Trinajstić information content (AvgIpc) is 2.40. The van der Waals surface area contributed by atoms with Crippen LogP contribution in [0.25, 0.3) is 0 Å². The number of carbonyl (C=O) groups excluding carboxylic acids is 1. The molecule has 21 heavy (non-hydrogen) atoms. The molecule has 1 aromatic heterocycles. The Labute approximate surface area is 120 Å². The van der Waals surface area contributed by atoms with Gasteiger partial charge in [-0.25, -0.2) is 9.37 Å². The van der Waals surface area contributed by atoms with Crippen LogP contribution in [-0.2, 0) is 21.2 Å². The number of nitrogens with zero attached hydrogens (tertiary/aromatic N) is 1. The molecule has 0 atom stereocenters. The molecule has 0 spiro atoms. The topological polar surface area (TPSA) is 102 Å². The van der Waals surface area contributed by atoms with Crippen molar-refractivity contribution in [3.8, 4) is 0 Å². The molecule has 1 heterocycles. The van der Waals surface area contributed by atoms with E-state index in [9.17, 15) is 17.6 Å². The Bertz CT molecular complexity index is 778. The number of halogens is 1. The average molecular weight is 309 g/mol. The van der Waals surface area contributed by atoms with Crippen molar-refractivity contribution in [1.29, 1.82) is 0 Å². The molecule has 0 unspecified atom stereocenters. The van der Waals surface area contributed by atoms with E-state index in [1.807, 2.05) is 0 Å². The summed E-state index contributed by atoms with van der Waals surface area (Å²) in [4.78, 5) is 14.5. The molecule has 6 nitrogen and oxygen atoms in total. The zero-order valence-electron chi connectivity index (χ0n) is 10.8. The first-order chi connectivity index (χ1) is 9.90. The van der Waals surface area contributed by atoms with E-state index in [0.29, 0.717) is 5.56 Å². The third-order valence-corrected chi connectivity index (χ3v) is 3.90. The fraction of sp³-hybridized carbons (Fsp3) is 0.0769. The highest BCUT2D eigenvalue weighted by Gasteiger charge is 2.21. The SMILES string of the molecule is NC(=O)Cc1ccccc1NS(=O)(=O)c1ncccc1F. The van der Waals surface area contributed by atoms with Crippen molar-refractivity contribution in [1.82, 2.24) is 4.98 Å². The number of hydrogen-bond donors (Lipinski definition) is 2. The van der Waals surface area contributed by atoms with E-state index in [-0.39, 0.29) is 12.1 Å². The van der Waals surface area contributed by atoms with Crippen molar-refractivity contribution in [2.45, 2.75) is 11.4 Å². The molecule has 1 amide bonds. The standard InChI is InChI=1S/C13H12FN3O3S/c14-10-5-3-7-16-13(10)21(19,20)17-11-6-2-1-4-9(11)8-12(15)18/h1-7,17H,8H2,(H2,15,18). The summed E-state index contributed by atoms with van der Waals surface area (Å²) in [6, 6.07) is 8.51. The summed E-state index contributed by atoms with van der Waals surface area (Å²) >= 11 is 0. The van der Waals surface area contributed by atoms with E-state index in [2.05, 4.69) is 9.71 Å². The number of para-hydroxylation sites is 1. The molecule has 0 radical (unpaired) electrons. The first-order valence-corrected chi connectivity index (χ1v) is 7.38. The number of benzene rings is 1. The number of nitrogens with two attached hydrogens (primary N) is 1. The van der Waals surface area contributed by atoms with Crippen molar-refractivity contribution in [2.24, 2.45) is 5.73 Å². The molecule has 110 valence electrons. The van der Waals surface area contributed by atoms with Crippen LogP contribution in [-0.4, -0.2) is 19.3 Å². The highest BCUT2D eigenvalue weighted by atomic mass is 32.2. The minimum atomic E-state index is -4.19. The van der Waals surface area contributed by atoms with Gasteiger partial charge in [-0.2, -0.15) is 8.42 Å². The largest absolute Gasteiger partial charge is 0.369 e. The minimum Gasteiger partial charge on any atom is -0.369 e. The molecule has 2 rings (SSSR count). The van der Waals surface area contributed by atoms with Gasteiger partial charge in [0, 0.05) is 6.20 Å². The number of sulfonamides is 1. The summed E-state index contributed by atoms with van der Waals surface area (Å²) in [6.45, 7) is 0. The van der Waals surface area contributed by atoms with E-state index in [4.69, 9.17) is 5.73 Å². The smallest absolute Gasteiger partial charge is 0.282 e. The van der Waals surface area contributed by atoms with E-state index in [1.54, 1.807) is 18.2 Å². The lowest BCUT2D eigenvalue weighted by Gasteiger charge is -2.11. The third-order valence-electron chi connectivity index (χ3n) is 2.61. The van der Waals surface area contributed by atoms with Crippen molar-refractivity contribution in [2.75, 3.05) is 4.72 Å². The van der Waals surface area contributed by atoms with Crippen LogP contribution < -0.4 is 10.5 Å². The van der Waals surface area contributed by atoms with Gasteiger partial charge in [-0.15, -0.1) is 0 Å². The molecule has 3 N–H and O–H groups in total. The summed E-state index contributed by atoms with van der Waals surface area (Å²) in [5.74, 6) is -1.57. The monoisotopic (exact) mass is 309 g/mol. The Morgan fingerprint density at radius 3 is 2.62 bits per heavy atom. The number of amides is 1. The predicted molar refractivity (Wildman–Crippen MR) is 74.3 cm³/mol. The predicted octanol–water partition coefficient (Wildman–Crippen LogP) is 1.05. The normalized spacial score (nSPS) is 11.1. The lowest BCUT2D eigenvalue weighted by atomic mass is 10.1. The van der Waals surface area contributed by atoms with Crippen LogP contribution in [0.15, 0.2) is 47.6 Å². The molecule has 1 aromatic carbocycles. The van der Waals surface area contributed by atoms with Gasteiger partial charge in [-0.3, -0.25) is 9.52 Å². The second-order valence-electron chi connectivity index (χ2n) is 4.20. The number of rotatable bonds is 5. The molecule has 0 saturated carbocycles. The highest BCUT2D eigenvalue weighted by molar-refractivity contribution is 7.92. The Kier molecular flexibility index (Phi) is 4.18. The number of aromatic nitrogens is 1. The van der Waals surface area contributed by atoms with Crippen molar-refractivity contribution in [3.63, 3.8) is 0 Å². The molecule has 0 aliphatic carbocycles. The molecular formula is C13H12FN3O3S. The van der Waals surface area contributed by atoms with E-state index in [1.165, 1.54) is 18.3 Å². The van der Waals surface area contributed by atoms with Gasteiger partial charge < -0.3 is 5.73 Å². The van der Waals surface area contributed by atoms with E-state index >= 15 is 0 Å². The third kappa shape index (κ3) is 3.54. The summed E-state index contributed by atoms with van der Waals surface area (Å²) < 4.78 is 40.0. The summed E-state index contributed by atoms with van der Waals surface area (Å²) in [6.07, 6.45) is 1.04. The number of hydrogen-bond acceptors (Lipinski definition) is 4. The van der Waals surface area contributed by atoms with Crippen LogP contribution in [0.1, 0.15) is 5.56 Å². The number of primary amides is 1. The second-order valence-corrected chi connectivity index (χ2v) is 5.79. The highest BCUT2D eigenvalue weighted by Crippen LogP contribution is 2.20. The van der Waals surface area contributed by atoms with E-state index < -0.39 is 26.8 Å². The Morgan fingerprint density at radius 2 is 1.95 bits per heavy atom. The number of nitrogens with one attached hydrogen (secondary N) is 1. The molecule has 0 aliphatic heterocycles. The Hall–Kier alpha value is -2.48. The summed E-state index contributed by atoms with van der Waals surface area (Å²) in [7, 11) is -4.19. The van der Waals surface area contributed by atoms with Crippen molar-refractivity contribution < 1.29 is 17.6 Å². The van der Waals surface area contributed by atoms with Crippen LogP contribution in [0.5, 0.6) is 0 Å². The summed E-state index contributed by atoms with van der Waals surface area (Å²) in [5.41, 5.74) is 5.65. The van der Waals surface area contributed by atoms with Gasteiger partial charge in [0.05, 0.1) is 12.1 Å². The van der Waals surface area contributed by atoms with Gasteiger partial charge in [0.2, 0.25) is 10.9 Å². The zero-order valence-corrected chi connectivity index (χ0v) is 11.6. The van der Waals surface area contributed by atoms with Crippen LogP contribution >= 0.6 is 0 Å². The molecule has 0 aliphatic rings. The quantitative estimate of drug-likeness (QED) is 0.861.